The van der Waals surface area contributed by atoms with Crippen molar-refractivity contribution in [2.24, 2.45) is 11.8 Å². The quantitative estimate of drug-likeness (QED) is 0.405. The van der Waals surface area contributed by atoms with Crippen LogP contribution in [0.4, 0.5) is 0 Å². The Morgan fingerprint density at radius 3 is 1.41 bits per heavy atom. The van der Waals surface area contributed by atoms with Crippen LogP contribution in [0.25, 0.3) is 0 Å². The fraction of sp³-hybridized carbons (Fsp3) is 0.889. The van der Waals surface area contributed by atoms with Crippen molar-refractivity contribution in [3.8, 4) is 11.8 Å². The van der Waals surface area contributed by atoms with Crippen molar-refractivity contribution in [2.75, 3.05) is 27.2 Å². The van der Waals surface area contributed by atoms with E-state index in [2.05, 4.69) is 53.6 Å². The van der Waals surface area contributed by atoms with E-state index in [1.54, 1.807) is 0 Å². The summed E-state index contributed by atoms with van der Waals surface area (Å²) in [7, 11) is 4.34. The van der Waals surface area contributed by atoms with Gasteiger partial charge in [-0.05, 0) is 13.8 Å². The zero-order valence-electron chi connectivity index (χ0n) is 15.0. The lowest BCUT2D eigenvalue weighted by Gasteiger charge is -2.42. The van der Waals surface area contributed by atoms with Gasteiger partial charge in [0.25, 0.3) is 0 Å². The number of likely N-dealkylation sites (tertiary alicyclic amines) is 2. The van der Waals surface area contributed by atoms with E-state index < -0.39 is 11.2 Å². The van der Waals surface area contributed by atoms with Crippen molar-refractivity contribution in [1.82, 2.24) is 0 Å². The summed E-state index contributed by atoms with van der Waals surface area (Å²) in [5, 5.41) is 21.9. The molecule has 0 aromatic rings. The Morgan fingerprint density at radius 2 is 1.09 bits per heavy atom. The van der Waals surface area contributed by atoms with Crippen LogP contribution in [-0.2, 0) is 0 Å². The number of piperidine rings is 2. The molecule has 4 N–H and O–H groups in total. The lowest BCUT2D eigenvalue weighted by Crippen LogP contribution is -3.15. The van der Waals surface area contributed by atoms with Crippen LogP contribution in [0.5, 0.6) is 0 Å². The molecule has 126 valence electrons. The molecule has 2 aliphatic rings. The molecular formula is C18H34N2O2+2. The smallest absolute Gasteiger partial charge is 0.139 e. The van der Waals surface area contributed by atoms with E-state index in [1.807, 2.05) is 0 Å². The van der Waals surface area contributed by atoms with Gasteiger partial charge in [0.1, 0.15) is 11.2 Å². The number of hydrogen-bond donors (Lipinski definition) is 4. The lowest BCUT2D eigenvalue weighted by molar-refractivity contribution is -0.915. The highest BCUT2D eigenvalue weighted by Gasteiger charge is 2.45. The van der Waals surface area contributed by atoms with E-state index in [9.17, 15) is 10.2 Å². The van der Waals surface area contributed by atoms with E-state index in [4.69, 9.17) is 0 Å². The van der Waals surface area contributed by atoms with Gasteiger partial charge in [-0.15, -0.1) is 0 Å². The molecule has 0 aromatic carbocycles. The Morgan fingerprint density at radius 1 is 0.773 bits per heavy atom. The van der Waals surface area contributed by atoms with Crippen LogP contribution in [0.1, 0.15) is 40.5 Å². The summed E-state index contributed by atoms with van der Waals surface area (Å²) >= 11 is 0. The van der Waals surface area contributed by atoms with Crippen molar-refractivity contribution >= 4 is 0 Å². The Bertz CT molecular complexity index is 431. The second-order valence-electron chi connectivity index (χ2n) is 8.21. The van der Waals surface area contributed by atoms with Crippen LogP contribution >= 0.6 is 0 Å². The Labute approximate surface area is 135 Å². The molecule has 0 saturated carbocycles. The Kier molecular flexibility index (Phi) is 4.94. The maximum Gasteiger partial charge on any atom is 0.139 e. The summed E-state index contributed by atoms with van der Waals surface area (Å²) in [5.74, 6) is 6.47. The minimum Gasteiger partial charge on any atom is -0.377 e. The zero-order chi connectivity index (χ0) is 16.7. The summed E-state index contributed by atoms with van der Waals surface area (Å²) in [6.07, 6.45) is 1.36. The summed E-state index contributed by atoms with van der Waals surface area (Å²) in [6, 6.07) is 0.784. The largest absolute Gasteiger partial charge is 0.377 e. The second kappa shape index (κ2) is 6.13. The van der Waals surface area contributed by atoms with Crippen LogP contribution in [0, 0.1) is 23.7 Å². The predicted octanol–water partition coefficient (Wildman–Crippen LogP) is -1.66. The van der Waals surface area contributed by atoms with Crippen LogP contribution in [-0.4, -0.2) is 60.7 Å². The molecule has 0 amide bonds. The molecule has 0 aromatic heterocycles. The van der Waals surface area contributed by atoms with Crippen LogP contribution in [0.15, 0.2) is 0 Å². The SMILES string of the molecule is C[C@@H]1C[NH+](C)[C@@H](C)C[C@]1(O)C#C[C@]1(O)C[C@H](C)[NH+](C)C[C@@H]1C. The molecule has 0 spiro atoms. The molecule has 2 heterocycles. The normalized spacial score (nSPS) is 52.7. The summed E-state index contributed by atoms with van der Waals surface area (Å²) in [6.45, 7) is 10.3. The lowest BCUT2D eigenvalue weighted by atomic mass is 9.76. The van der Waals surface area contributed by atoms with Crippen molar-refractivity contribution in [2.45, 2.75) is 63.8 Å². The fourth-order valence-electron chi connectivity index (χ4n) is 3.96. The number of nitrogens with one attached hydrogen (secondary N) is 2. The van der Waals surface area contributed by atoms with Gasteiger partial charge in [-0.3, -0.25) is 0 Å². The fourth-order valence-corrected chi connectivity index (χ4v) is 3.96. The first-order chi connectivity index (χ1) is 10.1. The third kappa shape index (κ3) is 3.33. The topological polar surface area (TPSA) is 49.3 Å². The molecule has 2 unspecified atom stereocenters. The molecule has 22 heavy (non-hydrogen) atoms. The molecule has 2 rings (SSSR count). The Balaban J connectivity index is 2.20. The van der Waals surface area contributed by atoms with Crippen LogP contribution in [0.3, 0.4) is 0 Å². The van der Waals surface area contributed by atoms with Gasteiger partial charge in [-0.25, -0.2) is 0 Å². The molecule has 4 heteroatoms. The van der Waals surface area contributed by atoms with Gasteiger partial charge in [0.2, 0.25) is 0 Å². The molecule has 2 fully saturated rings. The van der Waals surface area contributed by atoms with Crippen LogP contribution < -0.4 is 9.80 Å². The minimum atomic E-state index is -0.964. The van der Waals surface area contributed by atoms with Crippen molar-refractivity contribution in [3.63, 3.8) is 0 Å². The summed E-state index contributed by atoms with van der Waals surface area (Å²) in [5.41, 5.74) is -1.93. The molecular weight excluding hydrogens is 276 g/mol. The highest BCUT2D eigenvalue weighted by Crippen LogP contribution is 2.28. The average molecular weight is 310 g/mol. The highest BCUT2D eigenvalue weighted by atomic mass is 16.3. The molecule has 0 radical (unpaired) electrons. The average Bonchev–Trinajstić information content (AvgIpc) is 2.42. The van der Waals surface area contributed by atoms with Crippen molar-refractivity contribution < 1.29 is 20.0 Å². The molecule has 2 aliphatic heterocycles. The first kappa shape index (κ1) is 17.7. The Hall–Kier alpha value is -0.600. The van der Waals surface area contributed by atoms with E-state index in [-0.39, 0.29) is 11.8 Å². The van der Waals surface area contributed by atoms with E-state index in [0.717, 1.165) is 13.1 Å². The van der Waals surface area contributed by atoms with E-state index >= 15 is 0 Å². The maximum atomic E-state index is 11.0. The maximum absolute atomic E-state index is 11.0. The van der Waals surface area contributed by atoms with E-state index in [0.29, 0.717) is 24.9 Å². The van der Waals surface area contributed by atoms with Gasteiger partial charge in [0.15, 0.2) is 0 Å². The van der Waals surface area contributed by atoms with Gasteiger partial charge >= 0.3 is 0 Å². The molecule has 0 aliphatic carbocycles. The molecule has 0 bridgehead atoms. The van der Waals surface area contributed by atoms with E-state index in [1.165, 1.54) is 9.80 Å². The van der Waals surface area contributed by atoms with Crippen LogP contribution in [0.2, 0.25) is 0 Å². The zero-order valence-corrected chi connectivity index (χ0v) is 15.0. The first-order valence-electron chi connectivity index (χ1n) is 8.71. The number of quaternary nitrogens is 2. The minimum absolute atomic E-state index is 0.129. The summed E-state index contributed by atoms with van der Waals surface area (Å²) < 4.78 is 0. The number of hydrogen-bond acceptors (Lipinski definition) is 2. The number of aliphatic hydroxyl groups is 2. The molecule has 2 saturated heterocycles. The summed E-state index contributed by atoms with van der Waals surface area (Å²) in [4.78, 5) is 2.89. The van der Waals surface area contributed by atoms with Gasteiger partial charge in [0.05, 0.1) is 39.3 Å². The predicted molar refractivity (Wildman–Crippen MR) is 87.7 cm³/mol. The third-order valence-electron chi connectivity index (χ3n) is 6.30. The van der Waals surface area contributed by atoms with Crippen molar-refractivity contribution in [3.05, 3.63) is 0 Å². The molecule has 4 nitrogen and oxygen atoms in total. The first-order valence-corrected chi connectivity index (χ1v) is 8.71. The highest BCUT2D eigenvalue weighted by molar-refractivity contribution is 5.24. The van der Waals surface area contributed by atoms with Gasteiger partial charge in [0, 0.05) is 24.7 Å². The van der Waals surface area contributed by atoms with Gasteiger partial charge in [-0.2, -0.15) is 0 Å². The molecule has 8 atom stereocenters. The monoisotopic (exact) mass is 310 g/mol. The van der Waals surface area contributed by atoms with Crippen molar-refractivity contribution in [1.29, 1.82) is 0 Å². The third-order valence-corrected chi connectivity index (χ3v) is 6.30. The standard InChI is InChI=1S/C18H32N2O2/c1-13-11-19(5)15(3)9-17(13,21)7-8-18(22)10-16(4)20(6)12-14(18)2/h13-16,21-22H,9-12H2,1-6H3/p+2/t13-,14+,15-,16-,17-,18+/m0/s1. The second-order valence-corrected chi connectivity index (χ2v) is 8.21. The number of rotatable bonds is 0. The van der Waals surface area contributed by atoms with Gasteiger partial charge < -0.3 is 20.0 Å². The van der Waals surface area contributed by atoms with Gasteiger partial charge in [-0.1, -0.05) is 25.7 Å².